The highest BCUT2D eigenvalue weighted by atomic mass is 15.3. The van der Waals surface area contributed by atoms with Crippen LogP contribution in [0.25, 0.3) is 0 Å². The number of nitrogens with zero attached hydrogens (tertiary/aromatic N) is 4. The van der Waals surface area contributed by atoms with Gasteiger partial charge >= 0.3 is 0 Å². The van der Waals surface area contributed by atoms with E-state index in [2.05, 4.69) is 45.8 Å². The van der Waals surface area contributed by atoms with Gasteiger partial charge in [0.25, 0.3) is 0 Å². The minimum absolute atomic E-state index is 0.592. The molecule has 1 aliphatic rings. The van der Waals surface area contributed by atoms with Gasteiger partial charge in [-0.1, -0.05) is 13.8 Å². The Kier molecular flexibility index (Phi) is 4.72. The molecule has 0 bridgehead atoms. The number of hydrogen-bond donors (Lipinski definition) is 1. The summed E-state index contributed by atoms with van der Waals surface area (Å²) in [6.45, 7) is 10.9. The maximum Gasteiger partial charge on any atom is 0.147 e. The number of nitrogens with one attached hydrogen (secondary N) is 1. The first-order valence-electron chi connectivity index (χ1n) is 7.01. The van der Waals surface area contributed by atoms with Gasteiger partial charge < -0.3 is 9.88 Å². The van der Waals surface area contributed by atoms with Crippen LogP contribution < -0.4 is 5.32 Å². The highest BCUT2D eigenvalue weighted by molar-refractivity contribution is 4.91. The van der Waals surface area contributed by atoms with Crippen molar-refractivity contribution in [3.8, 4) is 0 Å². The Balaban J connectivity index is 1.72. The van der Waals surface area contributed by atoms with Crippen molar-refractivity contribution in [3.63, 3.8) is 0 Å². The van der Waals surface area contributed by atoms with E-state index >= 15 is 0 Å². The van der Waals surface area contributed by atoms with Crippen molar-refractivity contribution in [2.45, 2.75) is 58.8 Å². The van der Waals surface area contributed by atoms with E-state index in [1.54, 1.807) is 0 Å². The second-order valence-corrected chi connectivity index (χ2v) is 5.51. The monoisotopic (exact) mass is 251 g/mol. The topological polar surface area (TPSA) is 46.0 Å². The molecule has 0 saturated carbocycles. The van der Waals surface area contributed by atoms with Crippen molar-refractivity contribution in [2.75, 3.05) is 13.1 Å². The maximum atomic E-state index is 4.17. The third-order valence-corrected chi connectivity index (χ3v) is 3.64. The van der Waals surface area contributed by atoms with Crippen LogP contribution in [0.2, 0.25) is 0 Å². The van der Waals surface area contributed by atoms with Crippen molar-refractivity contribution >= 4 is 0 Å². The second-order valence-electron chi connectivity index (χ2n) is 5.51. The van der Waals surface area contributed by atoms with E-state index in [0.29, 0.717) is 12.1 Å². The molecule has 0 aliphatic carbocycles. The van der Waals surface area contributed by atoms with Gasteiger partial charge in [-0.05, 0) is 26.3 Å². The van der Waals surface area contributed by atoms with Crippen molar-refractivity contribution in [1.82, 2.24) is 25.0 Å². The van der Waals surface area contributed by atoms with Gasteiger partial charge in [-0.15, -0.1) is 10.2 Å². The van der Waals surface area contributed by atoms with Crippen LogP contribution in [0.4, 0.5) is 0 Å². The van der Waals surface area contributed by atoms with Crippen LogP contribution in [0.3, 0.4) is 0 Å². The summed E-state index contributed by atoms with van der Waals surface area (Å²) in [5.74, 6) is 1.11. The fraction of sp³-hybridized carbons (Fsp3) is 0.846. The van der Waals surface area contributed by atoms with Crippen LogP contribution in [0.1, 0.15) is 39.4 Å². The van der Waals surface area contributed by atoms with Gasteiger partial charge in [0.2, 0.25) is 0 Å². The van der Waals surface area contributed by atoms with Crippen LogP contribution in [0.15, 0.2) is 6.33 Å². The highest BCUT2D eigenvalue weighted by Gasteiger charge is 2.21. The maximum absolute atomic E-state index is 4.17. The lowest BCUT2D eigenvalue weighted by Gasteiger charge is -2.32. The summed E-state index contributed by atoms with van der Waals surface area (Å²) < 4.78 is 2.16. The molecule has 1 aliphatic heterocycles. The molecule has 102 valence electrons. The van der Waals surface area contributed by atoms with Crippen molar-refractivity contribution < 1.29 is 0 Å². The molecular weight excluding hydrogens is 226 g/mol. The van der Waals surface area contributed by atoms with Crippen LogP contribution in [-0.2, 0) is 13.1 Å². The molecule has 0 spiro atoms. The van der Waals surface area contributed by atoms with E-state index in [0.717, 1.165) is 32.0 Å². The molecule has 0 saturated heterocycles. The predicted octanol–water partition coefficient (Wildman–Crippen LogP) is 1.26. The average molecular weight is 251 g/mol. The van der Waals surface area contributed by atoms with Gasteiger partial charge in [0.15, 0.2) is 0 Å². The summed E-state index contributed by atoms with van der Waals surface area (Å²) in [4.78, 5) is 2.51. The molecule has 0 aromatic carbocycles. The Labute approximate surface area is 110 Å². The quantitative estimate of drug-likeness (QED) is 0.773. The van der Waals surface area contributed by atoms with E-state index in [4.69, 9.17) is 0 Å². The Hall–Kier alpha value is -0.940. The van der Waals surface area contributed by atoms with Gasteiger partial charge in [-0.3, -0.25) is 4.90 Å². The Bertz CT molecular complexity index is 360. The van der Waals surface area contributed by atoms with E-state index in [1.807, 2.05) is 6.33 Å². The van der Waals surface area contributed by atoms with Crippen LogP contribution >= 0.6 is 0 Å². The fourth-order valence-electron chi connectivity index (χ4n) is 2.43. The molecule has 1 atom stereocenters. The molecule has 2 rings (SSSR count). The summed E-state index contributed by atoms with van der Waals surface area (Å²) in [5, 5.41) is 11.6. The molecule has 0 radical (unpaired) electrons. The van der Waals surface area contributed by atoms with E-state index < -0.39 is 0 Å². The molecule has 18 heavy (non-hydrogen) atoms. The summed E-state index contributed by atoms with van der Waals surface area (Å²) in [7, 11) is 0. The highest BCUT2D eigenvalue weighted by Crippen LogP contribution is 2.14. The van der Waals surface area contributed by atoms with Crippen LogP contribution in [0, 0.1) is 0 Å². The normalized spacial score (nSPS) is 18.0. The SMILES string of the molecule is CC(C)NCCCC(C)N1CCn2cnnc2C1. The van der Waals surface area contributed by atoms with Gasteiger partial charge in [0, 0.05) is 25.2 Å². The zero-order chi connectivity index (χ0) is 13.0. The molecule has 1 N–H and O–H groups in total. The minimum atomic E-state index is 0.592. The molecule has 5 nitrogen and oxygen atoms in total. The Morgan fingerprint density at radius 2 is 2.17 bits per heavy atom. The number of rotatable bonds is 6. The molecule has 1 unspecified atom stereocenters. The summed E-state index contributed by atoms with van der Waals surface area (Å²) in [6, 6.07) is 1.22. The van der Waals surface area contributed by atoms with Gasteiger partial charge in [0.1, 0.15) is 12.2 Å². The van der Waals surface area contributed by atoms with Gasteiger partial charge in [0.05, 0.1) is 6.54 Å². The van der Waals surface area contributed by atoms with E-state index in [9.17, 15) is 0 Å². The third-order valence-electron chi connectivity index (χ3n) is 3.64. The molecule has 0 fully saturated rings. The molecular formula is C13H25N5. The van der Waals surface area contributed by atoms with Gasteiger partial charge in [-0.25, -0.2) is 0 Å². The van der Waals surface area contributed by atoms with Crippen molar-refractivity contribution in [1.29, 1.82) is 0 Å². The third kappa shape index (κ3) is 3.53. The lowest BCUT2D eigenvalue weighted by molar-refractivity contribution is 0.153. The van der Waals surface area contributed by atoms with Crippen molar-refractivity contribution in [3.05, 3.63) is 12.2 Å². The first-order valence-corrected chi connectivity index (χ1v) is 7.01. The first-order chi connectivity index (χ1) is 8.66. The molecule has 1 aromatic heterocycles. The number of aromatic nitrogens is 3. The minimum Gasteiger partial charge on any atom is -0.315 e. The molecule has 0 amide bonds. The average Bonchev–Trinajstić information content (AvgIpc) is 2.81. The lowest BCUT2D eigenvalue weighted by Crippen LogP contribution is -2.40. The smallest absolute Gasteiger partial charge is 0.147 e. The Morgan fingerprint density at radius 3 is 2.94 bits per heavy atom. The van der Waals surface area contributed by atoms with Gasteiger partial charge in [-0.2, -0.15) is 0 Å². The standard InChI is InChI=1S/C13H25N5/c1-11(2)14-6-4-5-12(3)17-7-8-18-10-15-16-13(18)9-17/h10-12,14H,4-9H2,1-3H3. The summed E-state index contributed by atoms with van der Waals surface area (Å²) in [5.41, 5.74) is 0. The zero-order valence-corrected chi connectivity index (χ0v) is 11.8. The van der Waals surface area contributed by atoms with E-state index in [-0.39, 0.29) is 0 Å². The van der Waals surface area contributed by atoms with Crippen LogP contribution in [0.5, 0.6) is 0 Å². The summed E-state index contributed by atoms with van der Waals surface area (Å²) >= 11 is 0. The fourth-order valence-corrected chi connectivity index (χ4v) is 2.43. The molecule has 2 heterocycles. The largest absolute Gasteiger partial charge is 0.315 e. The number of hydrogen-bond acceptors (Lipinski definition) is 4. The van der Waals surface area contributed by atoms with Crippen molar-refractivity contribution in [2.24, 2.45) is 0 Å². The van der Waals surface area contributed by atoms with E-state index in [1.165, 1.54) is 12.8 Å². The Morgan fingerprint density at radius 1 is 1.33 bits per heavy atom. The first kappa shape index (κ1) is 13.5. The molecule has 5 heteroatoms. The predicted molar refractivity (Wildman–Crippen MR) is 72.3 cm³/mol. The lowest BCUT2D eigenvalue weighted by atomic mass is 10.1. The number of fused-ring (bicyclic) bond motifs is 1. The summed E-state index contributed by atoms with van der Waals surface area (Å²) in [6.07, 6.45) is 4.32. The zero-order valence-electron chi connectivity index (χ0n) is 11.8. The molecule has 1 aromatic rings. The van der Waals surface area contributed by atoms with Crippen LogP contribution in [-0.4, -0.2) is 44.8 Å². The second kappa shape index (κ2) is 6.29.